The Balaban J connectivity index is 2.51. The molecule has 0 atom stereocenters. The van der Waals surface area contributed by atoms with Crippen molar-refractivity contribution in [2.45, 2.75) is 19.3 Å². The molecule has 0 fully saturated rings. The molecule has 0 unspecified atom stereocenters. The lowest BCUT2D eigenvalue weighted by Gasteiger charge is -2.24. The van der Waals surface area contributed by atoms with Crippen molar-refractivity contribution in [3.8, 4) is 0 Å². The summed E-state index contributed by atoms with van der Waals surface area (Å²) in [6.07, 6.45) is 0. The van der Waals surface area contributed by atoms with Crippen LogP contribution in [0.2, 0.25) is 5.15 Å². The molecule has 0 aliphatic rings. The van der Waals surface area contributed by atoms with Crippen molar-refractivity contribution in [3.05, 3.63) is 52.8 Å². The average molecular weight is 248 g/mol. The van der Waals surface area contributed by atoms with Crippen molar-refractivity contribution in [1.29, 1.82) is 0 Å². The number of halogens is 1. The van der Waals surface area contributed by atoms with Gasteiger partial charge in [0.25, 0.3) is 0 Å². The van der Waals surface area contributed by atoms with Gasteiger partial charge >= 0.3 is 0 Å². The first kappa shape index (κ1) is 11.9. The molecule has 2 rings (SSSR count). The Morgan fingerprint density at radius 1 is 1.12 bits per heavy atom. The second-order valence-corrected chi connectivity index (χ2v) is 4.81. The van der Waals surface area contributed by atoms with Crippen molar-refractivity contribution in [2.75, 3.05) is 5.73 Å². The summed E-state index contributed by atoms with van der Waals surface area (Å²) in [6, 6.07) is 11.9. The van der Waals surface area contributed by atoms with E-state index >= 15 is 0 Å². The third-order valence-electron chi connectivity index (χ3n) is 2.85. The van der Waals surface area contributed by atoms with Crippen LogP contribution in [-0.2, 0) is 5.41 Å². The summed E-state index contributed by atoms with van der Waals surface area (Å²) in [5.41, 5.74) is 7.36. The van der Waals surface area contributed by atoms with Crippen LogP contribution in [0.15, 0.2) is 36.4 Å². The number of hydrogen-bond donors (Lipinski definition) is 1. The Morgan fingerprint density at radius 2 is 1.76 bits per heavy atom. The maximum absolute atomic E-state index is 5.91. The largest absolute Gasteiger partial charge is 0.368 e. The molecule has 0 spiro atoms. The van der Waals surface area contributed by atoms with Gasteiger partial charge in [0, 0.05) is 5.41 Å². The fourth-order valence-electron chi connectivity index (χ4n) is 1.76. The molecule has 0 bridgehead atoms. The number of nitrogens with two attached hydrogens (primary N) is 1. The van der Waals surface area contributed by atoms with E-state index in [0.29, 0.717) is 5.15 Å². The predicted molar refractivity (Wildman–Crippen MR) is 70.0 cm³/mol. The number of nitrogens with zero attached hydrogens (tertiary/aromatic N) is 2. The van der Waals surface area contributed by atoms with E-state index in [1.165, 1.54) is 0 Å². The van der Waals surface area contributed by atoms with Crippen molar-refractivity contribution < 1.29 is 0 Å². The summed E-state index contributed by atoms with van der Waals surface area (Å²) in [4.78, 5) is 8.14. The van der Waals surface area contributed by atoms with E-state index in [9.17, 15) is 0 Å². The third kappa shape index (κ3) is 2.39. The normalized spacial score (nSPS) is 11.5. The Morgan fingerprint density at radius 3 is 2.35 bits per heavy atom. The second-order valence-electron chi connectivity index (χ2n) is 4.43. The smallest absolute Gasteiger partial charge is 0.221 e. The van der Waals surface area contributed by atoms with Gasteiger partial charge in [-0.15, -0.1) is 0 Å². The van der Waals surface area contributed by atoms with Gasteiger partial charge in [0.05, 0.1) is 5.69 Å². The Hall–Kier alpha value is -1.61. The molecule has 0 saturated carbocycles. The zero-order valence-electron chi connectivity index (χ0n) is 9.81. The maximum Gasteiger partial charge on any atom is 0.221 e. The number of anilines is 1. The monoisotopic (exact) mass is 247 g/mol. The lowest BCUT2D eigenvalue weighted by Crippen LogP contribution is -2.21. The van der Waals surface area contributed by atoms with Crippen molar-refractivity contribution >= 4 is 17.5 Å². The zero-order valence-corrected chi connectivity index (χ0v) is 10.6. The fraction of sp³-hybridized carbons (Fsp3) is 0.231. The number of nitrogen functional groups attached to an aromatic ring is 1. The van der Waals surface area contributed by atoms with Gasteiger partial charge in [-0.2, -0.15) is 0 Å². The third-order valence-corrected chi connectivity index (χ3v) is 3.04. The minimum atomic E-state index is -0.248. The molecule has 17 heavy (non-hydrogen) atoms. The molecule has 1 aromatic carbocycles. The highest BCUT2D eigenvalue weighted by Gasteiger charge is 2.25. The lowest BCUT2D eigenvalue weighted by molar-refractivity contribution is 0.616. The highest BCUT2D eigenvalue weighted by molar-refractivity contribution is 6.29. The minimum Gasteiger partial charge on any atom is -0.368 e. The molecule has 0 amide bonds. The van der Waals surface area contributed by atoms with Crippen LogP contribution in [0.4, 0.5) is 5.95 Å². The highest BCUT2D eigenvalue weighted by atomic mass is 35.5. The molecule has 1 heterocycles. The van der Waals surface area contributed by atoms with Gasteiger partial charge in [0.1, 0.15) is 5.15 Å². The van der Waals surface area contributed by atoms with Crippen LogP contribution in [0.1, 0.15) is 25.1 Å². The topological polar surface area (TPSA) is 51.8 Å². The number of hydrogen-bond acceptors (Lipinski definition) is 3. The number of rotatable bonds is 2. The molecular weight excluding hydrogens is 234 g/mol. The number of aromatic nitrogens is 2. The van der Waals surface area contributed by atoms with E-state index in [0.717, 1.165) is 11.3 Å². The first-order valence-electron chi connectivity index (χ1n) is 5.36. The summed E-state index contributed by atoms with van der Waals surface area (Å²) in [5, 5.41) is 0.372. The summed E-state index contributed by atoms with van der Waals surface area (Å²) in [6.45, 7) is 4.17. The van der Waals surface area contributed by atoms with Crippen molar-refractivity contribution in [1.82, 2.24) is 9.97 Å². The van der Waals surface area contributed by atoms with Crippen LogP contribution in [0, 0.1) is 0 Å². The Bertz CT molecular complexity index is 503. The molecule has 1 aromatic heterocycles. The van der Waals surface area contributed by atoms with E-state index in [2.05, 4.69) is 35.9 Å². The molecule has 0 aliphatic carbocycles. The molecule has 88 valence electrons. The summed E-state index contributed by atoms with van der Waals surface area (Å²) in [7, 11) is 0. The molecule has 2 aromatic rings. The van der Waals surface area contributed by atoms with Gasteiger partial charge in [-0.25, -0.2) is 9.97 Å². The quantitative estimate of drug-likeness (QED) is 0.830. The molecule has 2 N–H and O–H groups in total. The zero-order chi connectivity index (χ0) is 12.5. The van der Waals surface area contributed by atoms with Crippen LogP contribution >= 0.6 is 11.6 Å². The summed E-state index contributed by atoms with van der Waals surface area (Å²) in [5.74, 6) is 0.205. The molecule has 3 nitrogen and oxygen atoms in total. The molecule has 0 saturated heterocycles. The molecule has 0 aliphatic heterocycles. The minimum absolute atomic E-state index is 0.205. The van der Waals surface area contributed by atoms with Crippen LogP contribution in [0.5, 0.6) is 0 Å². The Labute approximate surface area is 106 Å². The van der Waals surface area contributed by atoms with Crippen molar-refractivity contribution in [2.24, 2.45) is 0 Å². The van der Waals surface area contributed by atoms with E-state index in [1.807, 2.05) is 18.2 Å². The van der Waals surface area contributed by atoms with Crippen molar-refractivity contribution in [3.63, 3.8) is 0 Å². The predicted octanol–water partition coefficient (Wildman–Crippen LogP) is 3.04. The first-order valence-corrected chi connectivity index (χ1v) is 5.74. The fourth-order valence-corrected chi connectivity index (χ4v) is 1.95. The maximum atomic E-state index is 5.91. The van der Waals surface area contributed by atoms with Gasteiger partial charge in [-0.05, 0) is 11.6 Å². The summed E-state index contributed by atoms with van der Waals surface area (Å²) >= 11 is 5.91. The standard InChI is InChI=1S/C13H14ClN3/c1-13(2,9-6-4-3-5-7-9)10-8-11(14)17-12(15)16-10/h3-8H,1-2H3,(H2,15,16,17). The molecule has 4 heteroatoms. The molecule has 0 radical (unpaired) electrons. The summed E-state index contributed by atoms with van der Waals surface area (Å²) < 4.78 is 0. The van der Waals surface area contributed by atoms with Gasteiger partial charge in [0.15, 0.2) is 0 Å². The highest BCUT2D eigenvalue weighted by Crippen LogP contribution is 2.31. The SMILES string of the molecule is CC(C)(c1ccccc1)c1cc(Cl)nc(N)n1. The first-order chi connectivity index (χ1) is 8.00. The van der Waals surface area contributed by atoms with Gasteiger partial charge in [0.2, 0.25) is 5.95 Å². The van der Waals surface area contributed by atoms with Crippen LogP contribution < -0.4 is 5.73 Å². The van der Waals surface area contributed by atoms with E-state index in [1.54, 1.807) is 6.07 Å². The Kier molecular flexibility index (Phi) is 3.03. The van der Waals surface area contributed by atoms with Crippen LogP contribution in [-0.4, -0.2) is 9.97 Å². The average Bonchev–Trinajstić information content (AvgIpc) is 2.29. The second kappa shape index (κ2) is 4.34. The number of benzene rings is 1. The van der Waals surface area contributed by atoms with Gasteiger partial charge in [-0.1, -0.05) is 55.8 Å². The van der Waals surface area contributed by atoms with Crippen LogP contribution in [0.25, 0.3) is 0 Å². The lowest BCUT2D eigenvalue weighted by atomic mass is 9.81. The van der Waals surface area contributed by atoms with E-state index in [-0.39, 0.29) is 11.4 Å². The molecular formula is C13H14ClN3. The van der Waals surface area contributed by atoms with Crippen LogP contribution in [0.3, 0.4) is 0 Å². The van der Waals surface area contributed by atoms with Gasteiger partial charge < -0.3 is 5.73 Å². The van der Waals surface area contributed by atoms with E-state index in [4.69, 9.17) is 17.3 Å². The van der Waals surface area contributed by atoms with Gasteiger partial charge in [-0.3, -0.25) is 0 Å². The van der Waals surface area contributed by atoms with E-state index < -0.39 is 0 Å².